The number of nitro benzene ring substituents is 1. The van der Waals surface area contributed by atoms with E-state index in [4.69, 9.17) is 11.5 Å². The highest BCUT2D eigenvalue weighted by molar-refractivity contribution is 5.65. The van der Waals surface area contributed by atoms with Gasteiger partial charge < -0.3 is 21.9 Å². The molecule has 0 aliphatic carbocycles. The van der Waals surface area contributed by atoms with Crippen LogP contribution in [0.25, 0.3) is 0 Å². The smallest absolute Gasteiger partial charge is 0.271 e. The molecule has 2 aromatic rings. The third-order valence-electron chi connectivity index (χ3n) is 3.19. The van der Waals surface area contributed by atoms with Gasteiger partial charge in [-0.15, -0.1) is 0 Å². The molecule has 0 saturated heterocycles. The van der Waals surface area contributed by atoms with Gasteiger partial charge in [0.2, 0.25) is 0 Å². The number of aromatic hydroxyl groups is 1. The second-order valence-electron chi connectivity index (χ2n) is 5.10. The largest absolute Gasteiger partial charge is 0.506 e. The fourth-order valence-corrected chi connectivity index (χ4v) is 1.99. The van der Waals surface area contributed by atoms with Crippen LogP contribution in [0.2, 0.25) is 0 Å². The number of phenols is 1. The molecule has 0 spiro atoms. The molecule has 2 rings (SSSR count). The van der Waals surface area contributed by atoms with Crippen molar-refractivity contribution >= 4 is 22.9 Å². The van der Waals surface area contributed by atoms with Crippen LogP contribution >= 0.6 is 0 Å². The Labute approximate surface area is 126 Å². The van der Waals surface area contributed by atoms with E-state index in [1.807, 2.05) is 13.8 Å². The van der Waals surface area contributed by atoms with Crippen molar-refractivity contribution in [3.8, 4) is 5.75 Å². The third kappa shape index (κ3) is 2.87. The highest BCUT2D eigenvalue weighted by atomic mass is 16.6. The lowest BCUT2D eigenvalue weighted by Gasteiger charge is -2.07. The molecule has 0 saturated carbocycles. The number of nitrogen functional groups attached to an aromatic ring is 2. The predicted octanol–water partition coefficient (Wildman–Crippen LogP) is 1.85. The molecule has 0 radical (unpaired) electrons. The number of anilines is 3. The summed E-state index contributed by atoms with van der Waals surface area (Å²) in [5, 5.41) is 27.7. The normalized spacial score (nSPS) is 10.9. The third-order valence-corrected chi connectivity index (χ3v) is 3.19. The summed E-state index contributed by atoms with van der Waals surface area (Å²) in [5.41, 5.74) is 12.7. The molecule has 118 valence electrons. The van der Waals surface area contributed by atoms with E-state index in [1.165, 1.54) is 18.2 Å². The van der Waals surface area contributed by atoms with Crippen molar-refractivity contribution in [2.24, 2.45) is 0 Å². The lowest BCUT2D eigenvalue weighted by molar-refractivity contribution is -0.384. The van der Waals surface area contributed by atoms with E-state index < -0.39 is 4.92 Å². The van der Waals surface area contributed by atoms with Gasteiger partial charge in [-0.05, 0) is 19.9 Å². The summed E-state index contributed by atoms with van der Waals surface area (Å²) in [6.45, 7) is 4.03. The molecule has 6 N–H and O–H groups in total. The number of phenolic OH excluding ortho intramolecular Hbond substituents is 1. The first-order valence-electron chi connectivity index (χ1n) is 6.64. The number of aromatic nitrogens is 2. The van der Waals surface area contributed by atoms with Crippen molar-refractivity contribution in [2.75, 3.05) is 16.8 Å². The summed E-state index contributed by atoms with van der Waals surface area (Å²) in [4.78, 5) is 10.2. The second-order valence-corrected chi connectivity index (χ2v) is 5.10. The van der Waals surface area contributed by atoms with Gasteiger partial charge in [0.05, 0.1) is 22.8 Å². The van der Waals surface area contributed by atoms with Crippen LogP contribution in [-0.4, -0.2) is 19.8 Å². The summed E-state index contributed by atoms with van der Waals surface area (Å²) in [5.74, 6) is 0.274. The molecule has 0 bridgehead atoms. The number of benzene rings is 1. The Kier molecular flexibility index (Phi) is 4.06. The quantitative estimate of drug-likeness (QED) is 0.374. The van der Waals surface area contributed by atoms with Gasteiger partial charge in [-0.1, -0.05) is 0 Å². The standard InChI is InChI=1S/C13H18N6O3/c1-7(2)18-13(15)12(14)10(17-18)6-16-9-5-8(19(21)22)3-4-11(9)20/h3-5,7,16,20H,6,14-15H2,1-2H3. The minimum atomic E-state index is -0.537. The summed E-state index contributed by atoms with van der Waals surface area (Å²) in [6, 6.07) is 3.78. The number of nitrogens with two attached hydrogens (primary N) is 2. The van der Waals surface area contributed by atoms with E-state index in [0.717, 1.165) is 0 Å². The monoisotopic (exact) mass is 306 g/mol. The molecular formula is C13H18N6O3. The molecule has 0 amide bonds. The fourth-order valence-electron chi connectivity index (χ4n) is 1.99. The van der Waals surface area contributed by atoms with E-state index in [-0.39, 0.29) is 29.7 Å². The molecule has 0 aliphatic heterocycles. The topological polar surface area (TPSA) is 145 Å². The highest BCUT2D eigenvalue weighted by Gasteiger charge is 2.16. The van der Waals surface area contributed by atoms with Gasteiger partial charge in [-0.2, -0.15) is 5.10 Å². The Morgan fingerprint density at radius 3 is 2.68 bits per heavy atom. The van der Waals surface area contributed by atoms with E-state index in [2.05, 4.69) is 10.4 Å². The van der Waals surface area contributed by atoms with Crippen molar-refractivity contribution in [1.82, 2.24) is 9.78 Å². The molecular weight excluding hydrogens is 288 g/mol. The maximum Gasteiger partial charge on any atom is 0.271 e. The van der Waals surface area contributed by atoms with Crippen LogP contribution in [0, 0.1) is 10.1 Å². The molecule has 0 unspecified atom stereocenters. The molecule has 1 aromatic carbocycles. The summed E-state index contributed by atoms with van der Waals surface area (Å²) < 4.78 is 1.60. The summed E-state index contributed by atoms with van der Waals surface area (Å²) >= 11 is 0. The number of nitro groups is 1. The Morgan fingerprint density at radius 1 is 1.45 bits per heavy atom. The minimum absolute atomic E-state index is 0.0577. The number of non-ortho nitro benzene ring substituents is 1. The number of hydrogen-bond donors (Lipinski definition) is 4. The van der Waals surface area contributed by atoms with E-state index in [1.54, 1.807) is 4.68 Å². The second kappa shape index (κ2) is 5.80. The molecule has 0 fully saturated rings. The van der Waals surface area contributed by atoms with Crippen LogP contribution in [-0.2, 0) is 6.54 Å². The van der Waals surface area contributed by atoms with Gasteiger partial charge in [0.25, 0.3) is 5.69 Å². The van der Waals surface area contributed by atoms with Crippen LogP contribution in [0.4, 0.5) is 22.9 Å². The zero-order valence-corrected chi connectivity index (χ0v) is 12.3. The van der Waals surface area contributed by atoms with E-state index in [9.17, 15) is 15.2 Å². The first-order valence-corrected chi connectivity index (χ1v) is 6.64. The zero-order chi connectivity index (χ0) is 16.4. The number of nitrogens with one attached hydrogen (secondary N) is 1. The van der Waals surface area contributed by atoms with Crippen molar-refractivity contribution < 1.29 is 10.0 Å². The number of nitrogens with zero attached hydrogens (tertiary/aromatic N) is 3. The average molecular weight is 306 g/mol. The lowest BCUT2D eigenvalue weighted by atomic mass is 10.2. The predicted molar refractivity (Wildman–Crippen MR) is 83.5 cm³/mol. The first kappa shape index (κ1) is 15.4. The Hall–Kier alpha value is -2.97. The minimum Gasteiger partial charge on any atom is -0.506 e. The first-order chi connectivity index (χ1) is 10.3. The van der Waals surface area contributed by atoms with Crippen LogP contribution in [0.3, 0.4) is 0 Å². The Morgan fingerprint density at radius 2 is 2.14 bits per heavy atom. The fraction of sp³-hybridized carbons (Fsp3) is 0.308. The van der Waals surface area contributed by atoms with Crippen molar-refractivity contribution in [3.63, 3.8) is 0 Å². The highest BCUT2D eigenvalue weighted by Crippen LogP contribution is 2.29. The summed E-state index contributed by atoms with van der Waals surface area (Å²) in [7, 11) is 0. The number of rotatable bonds is 5. The molecule has 9 heteroatoms. The van der Waals surface area contributed by atoms with E-state index >= 15 is 0 Å². The Bertz CT molecular complexity index is 710. The average Bonchev–Trinajstić information content (AvgIpc) is 2.74. The Balaban J connectivity index is 2.22. The molecule has 22 heavy (non-hydrogen) atoms. The number of hydrogen-bond acceptors (Lipinski definition) is 7. The SMILES string of the molecule is CC(C)n1nc(CNc2cc([N+](=O)[O-])ccc2O)c(N)c1N. The van der Waals surface area contributed by atoms with Gasteiger partial charge in [0.1, 0.15) is 17.3 Å². The molecule has 0 aliphatic rings. The maximum absolute atomic E-state index is 10.8. The van der Waals surface area contributed by atoms with Gasteiger partial charge in [0.15, 0.2) is 0 Å². The zero-order valence-electron chi connectivity index (χ0n) is 12.3. The van der Waals surface area contributed by atoms with Gasteiger partial charge in [-0.25, -0.2) is 4.68 Å². The van der Waals surface area contributed by atoms with Crippen LogP contribution in [0.5, 0.6) is 5.75 Å². The summed E-state index contributed by atoms with van der Waals surface area (Å²) in [6.07, 6.45) is 0. The van der Waals surface area contributed by atoms with Crippen molar-refractivity contribution in [3.05, 3.63) is 34.0 Å². The van der Waals surface area contributed by atoms with Crippen LogP contribution in [0.1, 0.15) is 25.6 Å². The lowest BCUT2D eigenvalue weighted by Crippen LogP contribution is -2.08. The molecule has 9 nitrogen and oxygen atoms in total. The van der Waals surface area contributed by atoms with Crippen molar-refractivity contribution in [2.45, 2.75) is 26.4 Å². The van der Waals surface area contributed by atoms with Crippen molar-refractivity contribution in [1.29, 1.82) is 0 Å². The van der Waals surface area contributed by atoms with Gasteiger partial charge in [0, 0.05) is 18.2 Å². The molecule has 1 heterocycles. The maximum atomic E-state index is 10.8. The van der Waals surface area contributed by atoms with Gasteiger partial charge in [-0.3, -0.25) is 10.1 Å². The van der Waals surface area contributed by atoms with Crippen LogP contribution in [0.15, 0.2) is 18.2 Å². The molecule has 0 atom stereocenters. The van der Waals surface area contributed by atoms with Gasteiger partial charge >= 0.3 is 0 Å². The van der Waals surface area contributed by atoms with Crippen LogP contribution < -0.4 is 16.8 Å². The van der Waals surface area contributed by atoms with E-state index in [0.29, 0.717) is 17.2 Å². The molecule has 1 aromatic heterocycles.